The molecule has 2 rings (SSSR count). The summed E-state index contributed by atoms with van der Waals surface area (Å²) in [5.41, 5.74) is 3.26. The fourth-order valence-electron chi connectivity index (χ4n) is 2.41. The molecule has 1 N–H and O–H groups in total. The van der Waals surface area contributed by atoms with Gasteiger partial charge in [-0.2, -0.15) is 10.2 Å². The number of amides is 1. The number of carbonyl (C=O) groups is 1. The molecule has 1 heterocycles. The predicted octanol–water partition coefficient (Wildman–Crippen LogP) is 2.55. The highest BCUT2D eigenvalue weighted by atomic mass is 16.6. The van der Waals surface area contributed by atoms with E-state index in [0.717, 1.165) is 0 Å². The SMILES string of the molecule is Cc1nn(C)c(C(=O)N/N=C/CC(C)c2ccccc2)c1[N+](=O)[O-]. The van der Waals surface area contributed by atoms with Gasteiger partial charge in [-0.25, -0.2) is 5.43 Å². The zero-order valence-corrected chi connectivity index (χ0v) is 13.8. The van der Waals surface area contributed by atoms with Gasteiger partial charge < -0.3 is 0 Å². The van der Waals surface area contributed by atoms with Crippen LogP contribution in [0.2, 0.25) is 0 Å². The van der Waals surface area contributed by atoms with Gasteiger partial charge in [0, 0.05) is 13.3 Å². The van der Waals surface area contributed by atoms with Crippen LogP contribution in [0, 0.1) is 17.0 Å². The second kappa shape index (κ2) is 7.49. The first-order valence-corrected chi connectivity index (χ1v) is 7.46. The maximum atomic E-state index is 12.1. The third-order valence-corrected chi connectivity index (χ3v) is 3.67. The molecule has 24 heavy (non-hydrogen) atoms. The number of nitro groups is 1. The summed E-state index contributed by atoms with van der Waals surface area (Å²) < 4.78 is 1.19. The standard InChI is InChI=1S/C16H19N5O3/c1-11(13-7-5-4-6-8-13)9-10-17-18-16(22)15-14(21(23)24)12(2)19-20(15)3/h4-8,10-11H,9H2,1-3H3,(H,18,22)/b17-10+. The Kier molecular flexibility index (Phi) is 5.41. The molecule has 0 bridgehead atoms. The van der Waals surface area contributed by atoms with Crippen LogP contribution in [0.25, 0.3) is 0 Å². The maximum absolute atomic E-state index is 12.1. The van der Waals surface area contributed by atoms with Crippen LogP contribution in [0.15, 0.2) is 35.4 Å². The van der Waals surface area contributed by atoms with Crippen molar-refractivity contribution >= 4 is 17.8 Å². The number of aryl methyl sites for hydroxylation is 2. The van der Waals surface area contributed by atoms with Crippen molar-refractivity contribution in [3.8, 4) is 0 Å². The number of hydrazone groups is 1. The monoisotopic (exact) mass is 329 g/mol. The lowest BCUT2D eigenvalue weighted by molar-refractivity contribution is -0.385. The lowest BCUT2D eigenvalue weighted by Crippen LogP contribution is -2.22. The molecular formula is C16H19N5O3. The van der Waals surface area contributed by atoms with Crippen LogP contribution < -0.4 is 5.43 Å². The first-order chi connectivity index (χ1) is 11.4. The van der Waals surface area contributed by atoms with Crippen molar-refractivity contribution in [1.29, 1.82) is 0 Å². The Bertz CT molecular complexity index is 768. The van der Waals surface area contributed by atoms with E-state index in [1.807, 2.05) is 30.3 Å². The molecule has 0 saturated heterocycles. The number of hydrogen-bond acceptors (Lipinski definition) is 5. The van der Waals surface area contributed by atoms with Crippen LogP contribution in [0.3, 0.4) is 0 Å². The van der Waals surface area contributed by atoms with Crippen molar-refractivity contribution < 1.29 is 9.72 Å². The smallest absolute Gasteiger partial charge is 0.265 e. The van der Waals surface area contributed by atoms with E-state index in [2.05, 4.69) is 22.5 Å². The van der Waals surface area contributed by atoms with Gasteiger partial charge in [-0.1, -0.05) is 37.3 Å². The van der Waals surface area contributed by atoms with Gasteiger partial charge in [0.15, 0.2) is 0 Å². The van der Waals surface area contributed by atoms with Gasteiger partial charge in [-0.3, -0.25) is 19.6 Å². The minimum Gasteiger partial charge on any atom is -0.265 e. The first kappa shape index (κ1) is 17.3. The number of carbonyl (C=O) groups excluding carboxylic acids is 1. The van der Waals surface area contributed by atoms with E-state index in [-0.39, 0.29) is 23.0 Å². The number of aromatic nitrogens is 2. The summed E-state index contributed by atoms with van der Waals surface area (Å²) in [6.45, 7) is 3.54. The van der Waals surface area contributed by atoms with E-state index in [0.29, 0.717) is 6.42 Å². The number of rotatable bonds is 6. The van der Waals surface area contributed by atoms with Gasteiger partial charge in [-0.15, -0.1) is 0 Å². The number of benzene rings is 1. The van der Waals surface area contributed by atoms with E-state index < -0.39 is 10.8 Å². The quantitative estimate of drug-likeness (QED) is 0.500. The molecule has 126 valence electrons. The Morgan fingerprint density at radius 1 is 1.46 bits per heavy atom. The van der Waals surface area contributed by atoms with Gasteiger partial charge in [0.1, 0.15) is 5.69 Å². The van der Waals surface area contributed by atoms with E-state index >= 15 is 0 Å². The molecule has 2 aromatic rings. The van der Waals surface area contributed by atoms with E-state index in [9.17, 15) is 14.9 Å². The molecule has 0 saturated carbocycles. The molecule has 0 spiro atoms. The summed E-state index contributed by atoms with van der Waals surface area (Å²) in [5.74, 6) is -0.409. The molecule has 0 aliphatic rings. The van der Waals surface area contributed by atoms with Crippen molar-refractivity contribution in [2.75, 3.05) is 0 Å². The zero-order valence-electron chi connectivity index (χ0n) is 13.8. The van der Waals surface area contributed by atoms with Crippen molar-refractivity contribution in [2.45, 2.75) is 26.2 Å². The van der Waals surface area contributed by atoms with Crippen LogP contribution in [0.4, 0.5) is 5.69 Å². The molecule has 1 amide bonds. The Hall–Kier alpha value is -3.03. The molecule has 8 nitrogen and oxygen atoms in total. The maximum Gasteiger partial charge on any atom is 0.322 e. The molecule has 0 aliphatic carbocycles. The van der Waals surface area contributed by atoms with Gasteiger partial charge in [-0.05, 0) is 24.8 Å². The normalized spacial score (nSPS) is 12.3. The minimum atomic E-state index is -0.659. The Balaban J connectivity index is 2.00. The molecule has 0 radical (unpaired) electrons. The molecular weight excluding hydrogens is 310 g/mol. The minimum absolute atomic E-state index is 0.120. The predicted molar refractivity (Wildman–Crippen MR) is 90.0 cm³/mol. The third kappa shape index (κ3) is 3.83. The van der Waals surface area contributed by atoms with Gasteiger partial charge >= 0.3 is 5.69 Å². The summed E-state index contributed by atoms with van der Waals surface area (Å²) in [6.07, 6.45) is 2.22. The summed E-state index contributed by atoms with van der Waals surface area (Å²) in [4.78, 5) is 22.6. The average molecular weight is 329 g/mol. The van der Waals surface area contributed by atoms with Gasteiger partial charge in [0.05, 0.1) is 4.92 Å². The van der Waals surface area contributed by atoms with Crippen LogP contribution >= 0.6 is 0 Å². The van der Waals surface area contributed by atoms with Crippen molar-refractivity contribution in [1.82, 2.24) is 15.2 Å². The van der Waals surface area contributed by atoms with Crippen LogP contribution in [-0.4, -0.2) is 26.8 Å². The summed E-state index contributed by atoms with van der Waals surface area (Å²) in [7, 11) is 1.48. The average Bonchev–Trinajstić information content (AvgIpc) is 2.86. The second-order valence-corrected chi connectivity index (χ2v) is 5.46. The fourth-order valence-corrected chi connectivity index (χ4v) is 2.41. The largest absolute Gasteiger partial charge is 0.322 e. The van der Waals surface area contributed by atoms with E-state index in [4.69, 9.17) is 0 Å². The summed E-state index contributed by atoms with van der Waals surface area (Å²) in [6, 6.07) is 9.94. The van der Waals surface area contributed by atoms with E-state index in [1.165, 1.54) is 24.2 Å². The highest BCUT2D eigenvalue weighted by Gasteiger charge is 2.28. The van der Waals surface area contributed by atoms with Crippen LogP contribution in [0.1, 0.15) is 41.0 Å². The van der Waals surface area contributed by atoms with Crippen molar-refractivity contribution in [3.63, 3.8) is 0 Å². The number of nitrogens with zero attached hydrogens (tertiary/aromatic N) is 4. The Morgan fingerprint density at radius 2 is 2.12 bits per heavy atom. The molecule has 1 atom stereocenters. The van der Waals surface area contributed by atoms with Crippen LogP contribution in [0.5, 0.6) is 0 Å². The van der Waals surface area contributed by atoms with E-state index in [1.54, 1.807) is 6.21 Å². The Morgan fingerprint density at radius 3 is 2.75 bits per heavy atom. The molecule has 0 fully saturated rings. The molecule has 1 unspecified atom stereocenters. The van der Waals surface area contributed by atoms with Crippen LogP contribution in [-0.2, 0) is 7.05 Å². The fraction of sp³-hybridized carbons (Fsp3) is 0.312. The van der Waals surface area contributed by atoms with Gasteiger partial charge in [0.2, 0.25) is 5.69 Å². The van der Waals surface area contributed by atoms with Gasteiger partial charge in [0.25, 0.3) is 5.91 Å². The van der Waals surface area contributed by atoms with Crippen molar-refractivity contribution in [3.05, 3.63) is 57.4 Å². The zero-order chi connectivity index (χ0) is 17.7. The topological polar surface area (TPSA) is 102 Å². The third-order valence-electron chi connectivity index (χ3n) is 3.67. The molecule has 1 aromatic heterocycles. The van der Waals surface area contributed by atoms with Crippen molar-refractivity contribution in [2.24, 2.45) is 12.1 Å². The summed E-state index contributed by atoms with van der Waals surface area (Å²) in [5, 5.41) is 18.9. The second-order valence-electron chi connectivity index (χ2n) is 5.46. The highest BCUT2D eigenvalue weighted by Crippen LogP contribution is 2.22. The molecule has 1 aromatic carbocycles. The number of nitrogens with one attached hydrogen (secondary N) is 1. The highest BCUT2D eigenvalue weighted by molar-refractivity contribution is 5.97. The molecule has 0 aliphatic heterocycles. The summed E-state index contributed by atoms with van der Waals surface area (Å²) >= 11 is 0. The number of hydrogen-bond donors (Lipinski definition) is 1. The molecule has 8 heteroatoms. The first-order valence-electron chi connectivity index (χ1n) is 7.46. The Labute approximate surface area is 139 Å². The lowest BCUT2D eigenvalue weighted by Gasteiger charge is -2.07. The lowest BCUT2D eigenvalue weighted by atomic mass is 9.99.